The van der Waals surface area contributed by atoms with Crippen molar-refractivity contribution in [2.45, 2.75) is 0 Å². The second kappa shape index (κ2) is 5.67. The van der Waals surface area contributed by atoms with Gasteiger partial charge in [0.15, 0.2) is 0 Å². The van der Waals surface area contributed by atoms with Crippen LogP contribution in [-0.2, 0) is 0 Å². The minimum atomic E-state index is -0.670. The number of carbonyl (C=O) groups excluding carboxylic acids is 1. The van der Waals surface area contributed by atoms with Gasteiger partial charge in [-0.3, -0.25) is 20.1 Å². The third kappa shape index (κ3) is 2.72. The first-order valence-electron chi connectivity index (χ1n) is 6.38. The average Bonchev–Trinajstić information content (AvgIpc) is 2.96. The number of hydroxylamine groups is 1. The van der Waals surface area contributed by atoms with E-state index in [1.54, 1.807) is 6.07 Å². The second-order valence-corrected chi connectivity index (χ2v) is 5.11. The number of hydrogen-bond acceptors (Lipinski definition) is 5. The number of aromatic amines is 1. The molecule has 9 heteroatoms. The van der Waals surface area contributed by atoms with Crippen LogP contribution in [0.2, 0.25) is 5.02 Å². The van der Waals surface area contributed by atoms with Crippen LogP contribution in [0.1, 0.15) is 10.4 Å². The summed E-state index contributed by atoms with van der Waals surface area (Å²) in [6.07, 6.45) is 0. The molecule has 1 heterocycles. The summed E-state index contributed by atoms with van der Waals surface area (Å²) in [5.74, 6) is -0.410. The Labute approximate surface area is 133 Å². The summed E-state index contributed by atoms with van der Waals surface area (Å²) >= 11 is 5.91. The van der Waals surface area contributed by atoms with Gasteiger partial charge in [-0.2, -0.15) is 0 Å². The average molecular weight is 333 g/mol. The van der Waals surface area contributed by atoms with Gasteiger partial charge in [0, 0.05) is 16.7 Å². The fraction of sp³-hybridized carbons (Fsp3) is 0. The SMILES string of the molecule is O=C(NO)c1ccc2nc(-c3cc(Cl)ccc3[N+](=O)[O-])[nH]c2c1. The third-order valence-electron chi connectivity index (χ3n) is 3.26. The van der Waals surface area contributed by atoms with Crippen molar-refractivity contribution in [3.05, 3.63) is 57.1 Å². The Morgan fingerprint density at radius 1 is 1.30 bits per heavy atom. The van der Waals surface area contributed by atoms with Crippen LogP contribution in [0.15, 0.2) is 36.4 Å². The molecule has 0 spiro atoms. The Morgan fingerprint density at radius 2 is 2.09 bits per heavy atom. The molecule has 0 aliphatic heterocycles. The van der Waals surface area contributed by atoms with Crippen molar-refractivity contribution in [1.29, 1.82) is 0 Å². The summed E-state index contributed by atoms with van der Waals surface area (Å²) in [5, 5.41) is 20.1. The summed E-state index contributed by atoms with van der Waals surface area (Å²) in [7, 11) is 0. The molecule has 1 aromatic heterocycles. The fourth-order valence-corrected chi connectivity index (χ4v) is 2.37. The number of carbonyl (C=O) groups is 1. The second-order valence-electron chi connectivity index (χ2n) is 4.68. The van der Waals surface area contributed by atoms with E-state index in [1.807, 2.05) is 0 Å². The van der Waals surface area contributed by atoms with Gasteiger partial charge in [0.05, 0.1) is 21.5 Å². The van der Waals surface area contributed by atoms with E-state index in [2.05, 4.69) is 9.97 Å². The van der Waals surface area contributed by atoms with Crippen molar-refractivity contribution in [3.8, 4) is 11.4 Å². The molecule has 3 N–H and O–H groups in total. The van der Waals surface area contributed by atoms with Crippen LogP contribution in [0, 0.1) is 10.1 Å². The molecule has 0 aliphatic rings. The van der Waals surface area contributed by atoms with Crippen LogP contribution in [0.4, 0.5) is 5.69 Å². The Balaban J connectivity index is 2.16. The highest BCUT2D eigenvalue weighted by atomic mass is 35.5. The van der Waals surface area contributed by atoms with Gasteiger partial charge >= 0.3 is 0 Å². The highest BCUT2D eigenvalue weighted by Gasteiger charge is 2.19. The first-order valence-corrected chi connectivity index (χ1v) is 6.76. The number of H-pyrrole nitrogens is 1. The van der Waals surface area contributed by atoms with E-state index < -0.39 is 10.8 Å². The molecular formula is C14H9ClN4O4. The minimum absolute atomic E-state index is 0.137. The Morgan fingerprint density at radius 3 is 2.78 bits per heavy atom. The zero-order chi connectivity index (χ0) is 16.6. The van der Waals surface area contributed by atoms with E-state index in [1.165, 1.54) is 35.8 Å². The summed E-state index contributed by atoms with van der Waals surface area (Å²) in [6, 6.07) is 8.69. The fourth-order valence-electron chi connectivity index (χ4n) is 2.20. The number of imidazole rings is 1. The normalized spacial score (nSPS) is 10.7. The minimum Gasteiger partial charge on any atom is -0.338 e. The van der Waals surface area contributed by atoms with E-state index in [4.69, 9.17) is 16.8 Å². The Bertz CT molecular complexity index is 938. The van der Waals surface area contributed by atoms with Crippen molar-refractivity contribution < 1.29 is 14.9 Å². The summed E-state index contributed by atoms with van der Waals surface area (Å²) in [4.78, 5) is 29.2. The van der Waals surface area contributed by atoms with Crippen LogP contribution in [0.25, 0.3) is 22.4 Å². The largest absolute Gasteiger partial charge is 0.338 e. The Hall–Kier alpha value is -2.97. The van der Waals surface area contributed by atoms with Gasteiger partial charge in [0.2, 0.25) is 0 Å². The van der Waals surface area contributed by atoms with Crippen LogP contribution in [0.3, 0.4) is 0 Å². The number of aromatic nitrogens is 2. The number of benzene rings is 2. The summed E-state index contributed by atoms with van der Waals surface area (Å²) < 4.78 is 0. The van der Waals surface area contributed by atoms with Crippen molar-refractivity contribution in [1.82, 2.24) is 15.4 Å². The first kappa shape index (κ1) is 14.9. The lowest BCUT2D eigenvalue weighted by Gasteiger charge is -2.00. The molecule has 0 saturated heterocycles. The number of nitro groups is 1. The van der Waals surface area contributed by atoms with E-state index in [0.717, 1.165) is 0 Å². The summed E-state index contributed by atoms with van der Waals surface area (Å²) in [5.41, 5.74) is 2.87. The lowest BCUT2D eigenvalue weighted by molar-refractivity contribution is -0.384. The number of rotatable bonds is 3. The number of fused-ring (bicyclic) bond motifs is 1. The molecule has 116 valence electrons. The van der Waals surface area contributed by atoms with Crippen LogP contribution in [-0.4, -0.2) is 26.0 Å². The Kier molecular flexibility index (Phi) is 3.68. The quantitative estimate of drug-likeness (QED) is 0.387. The molecule has 8 nitrogen and oxygen atoms in total. The smallest absolute Gasteiger partial charge is 0.280 e. The maximum absolute atomic E-state index is 11.4. The van der Waals surface area contributed by atoms with Gasteiger partial charge in [-0.1, -0.05) is 11.6 Å². The predicted octanol–water partition coefficient (Wildman–Crippen LogP) is 2.91. The zero-order valence-corrected chi connectivity index (χ0v) is 12.2. The number of nitrogens with one attached hydrogen (secondary N) is 2. The van der Waals surface area contributed by atoms with Crippen molar-refractivity contribution >= 4 is 34.2 Å². The molecule has 0 bridgehead atoms. The maximum atomic E-state index is 11.4. The molecule has 3 rings (SSSR count). The van der Waals surface area contributed by atoms with E-state index >= 15 is 0 Å². The van der Waals surface area contributed by atoms with Gasteiger partial charge in [0.25, 0.3) is 11.6 Å². The topological polar surface area (TPSA) is 121 Å². The predicted molar refractivity (Wildman–Crippen MR) is 82.4 cm³/mol. The van der Waals surface area contributed by atoms with Gasteiger partial charge in [0.1, 0.15) is 5.82 Å². The molecular weight excluding hydrogens is 324 g/mol. The zero-order valence-electron chi connectivity index (χ0n) is 11.4. The van der Waals surface area contributed by atoms with Gasteiger partial charge < -0.3 is 4.98 Å². The number of amides is 1. The first-order chi connectivity index (χ1) is 11.0. The number of nitrogens with zero attached hydrogens (tertiary/aromatic N) is 2. The van der Waals surface area contributed by atoms with Crippen LogP contribution < -0.4 is 5.48 Å². The van der Waals surface area contributed by atoms with E-state index in [0.29, 0.717) is 16.1 Å². The molecule has 3 aromatic rings. The summed E-state index contributed by atoms with van der Waals surface area (Å²) in [6.45, 7) is 0. The van der Waals surface area contributed by atoms with Crippen molar-refractivity contribution in [3.63, 3.8) is 0 Å². The highest BCUT2D eigenvalue weighted by molar-refractivity contribution is 6.31. The maximum Gasteiger partial charge on any atom is 0.280 e. The molecule has 0 atom stereocenters. The van der Waals surface area contributed by atoms with Crippen LogP contribution >= 0.6 is 11.6 Å². The molecule has 0 fully saturated rings. The van der Waals surface area contributed by atoms with Gasteiger partial charge in [-0.15, -0.1) is 0 Å². The highest BCUT2D eigenvalue weighted by Crippen LogP contribution is 2.31. The van der Waals surface area contributed by atoms with E-state index in [9.17, 15) is 14.9 Å². The lowest BCUT2D eigenvalue weighted by atomic mass is 10.1. The van der Waals surface area contributed by atoms with Crippen molar-refractivity contribution in [2.75, 3.05) is 0 Å². The molecule has 2 aromatic carbocycles. The standard InChI is InChI=1S/C14H9ClN4O4/c15-8-2-4-12(19(22)23)9(6-8)13-16-10-3-1-7(14(20)18-21)5-11(10)17-13/h1-6,21H,(H,16,17)(H,18,20). The molecule has 1 amide bonds. The number of hydrogen-bond donors (Lipinski definition) is 3. The molecule has 0 aliphatic carbocycles. The molecule has 23 heavy (non-hydrogen) atoms. The number of halogens is 1. The molecule has 0 radical (unpaired) electrons. The third-order valence-corrected chi connectivity index (χ3v) is 3.49. The van der Waals surface area contributed by atoms with Crippen LogP contribution in [0.5, 0.6) is 0 Å². The number of nitro benzene ring substituents is 1. The molecule has 0 saturated carbocycles. The molecule has 0 unspecified atom stereocenters. The van der Waals surface area contributed by atoms with E-state index in [-0.39, 0.29) is 22.6 Å². The monoisotopic (exact) mass is 332 g/mol. The van der Waals surface area contributed by atoms with Crippen molar-refractivity contribution in [2.24, 2.45) is 0 Å². The lowest BCUT2D eigenvalue weighted by Crippen LogP contribution is -2.18. The van der Waals surface area contributed by atoms with Gasteiger partial charge in [-0.25, -0.2) is 10.5 Å². The van der Waals surface area contributed by atoms with Gasteiger partial charge in [-0.05, 0) is 30.3 Å².